The van der Waals surface area contributed by atoms with Crippen molar-refractivity contribution < 1.29 is 5.11 Å². The summed E-state index contributed by atoms with van der Waals surface area (Å²) in [6.45, 7) is 5.73. The van der Waals surface area contributed by atoms with E-state index in [4.69, 9.17) is 16.7 Å². The summed E-state index contributed by atoms with van der Waals surface area (Å²) in [6, 6.07) is 0. The molecule has 0 aromatic heterocycles. The first-order chi connectivity index (χ1) is 5.02. The molecule has 0 bridgehead atoms. The van der Waals surface area contributed by atoms with Gasteiger partial charge in [-0.3, -0.25) is 0 Å². The maximum Gasteiger partial charge on any atom is 0.0561 e. The van der Waals surface area contributed by atoms with Crippen molar-refractivity contribution in [3.05, 3.63) is 22.8 Å². The lowest BCUT2D eigenvalue weighted by Crippen LogP contribution is -1.97. The molecule has 0 fully saturated rings. The minimum absolute atomic E-state index is 0.357. The average Bonchev–Trinajstić information content (AvgIpc) is 1.82. The fourth-order valence-corrected chi connectivity index (χ4v) is 0.894. The Labute approximate surface area is 73.4 Å². The lowest BCUT2D eigenvalue weighted by molar-refractivity contribution is 0.197. The Kier molecular flexibility index (Phi) is 5.26. The van der Waals surface area contributed by atoms with Crippen LogP contribution in [0.3, 0.4) is 0 Å². The fraction of sp³-hybridized carbons (Fsp3) is 0.556. The second kappa shape index (κ2) is 5.39. The maximum atomic E-state index is 8.94. The second-order valence-electron chi connectivity index (χ2n) is 2.91. The summed E-state index contributed by atoms with van der Waals surface area (Å²) in [6.07, 6.45) is 3.93. The third kappa shape index (κ3) is 7.63. The first-order valence-corrected chi connectivity index (χ1v) is 4.07. The van der Waals surface area contributed by atoms with Crippen LogP contribution in [0, 0.1) is 0 Å². The van der Waals surface area contributed by atoms with E-state index in [1.165, 1.54) is 5.57 Å². The molecule has 64 valence electrons. The predicted molar refractivity (Wildman–Crippen MR) is 49.7 cm³/mol. The molecular formula is C9H15ClO. The number of hydrogen-bond acceptors (Lipinski definition) is 1. The minimum Gasteiger partial charge on any atom is -0.393 e. The van der Waals surface area contributed by atoms with Crippen LogP contribution < -0.4 is 0 Å². The summed E-state index contributed by atoms with van der Waals surface area (Å²) < 4.78 is 0. The van der Waals surface area contributed by atoms with Crippen LogP contribution >= 0.6 is 11.6 Å². The molecule has 1 N–H and O–H groups in total. The zero-order chi connectivity index (χ0) is 8.85. The molecule has 0 amide bonds. The van der Waals surface area contributed by atoms with E-state index >= 15 is 0 Å². The minimum atomic E-state index is -0.357. The molecule has 0 saturated heterocycles. The van der Waals surface area contributed by atoms with Crippen LogP contribution in [0.5, 0.6) is 0 Å². The van der Waals surface area contributed by atoms with Gasteiger partial charge in [0.15, 0.2) is 0 Å². The van der Waals surface area contributed by atoms with Crippen LogP contribution in [0.4, 0.5) is 0 Å². The second-order valence-corrected chi connectivity index (χ2v) is 3.40. The molecule has 2 heteroatoms. The maximum absolute atomic E-state index is 8.94. The Hall–Kier alpha value is -0.270. The first kappa shape index (κ1) is 10.7. The van der Waals surface area contributed by atoms with Gasteiger partial charge in [0, 0.05) is 11.5 Å². The molecule has 1 nitrogen and oxygen atoms in total. The Balaban J connectivity index is 3.91. The molecule has 0 aliphatic carbocycles. The van der Waals surface area contributed by atoms with Gasteiger partial charge < -0.3 is 5.11 Å². The van der Waals surface area contributed by atoms with Gasteiger partial charge in [-0.15, -0.1) is 0 Å². The van der Waals surface area contributed by atoms with Gasteiger partial charge in [-0.1, -0.05) is 23.3 Å². The van der Waals surface area contributed by atoms with Crippen LogP contribution in [0.2, 0.25) is 0 Å². The highest BCUT2D eigenvalue weighted by Gasteiger charge is 1.96. The smallest absolute Gasteiger partial charge is 0.0561 e. The molecule has 0 spiro atoms. The van der Waals surface area contributed by atoms with Crippen molar-refractivity contribution in [3.8, 4) is 0 Å². The van der Waals surface area contributed by atoms with Crippen LogP contribution in [0.25, 0.3) is 0 Å². The van der Waals surface area contributed by atoms with Crippen molar-refractivity contribution in [2.24, 2.45) is 0 Å². The Morgan fingerprint density at radius 2 is 2.00 bits per heavy atom. The number of allylic oxidation sites excluding steroid dienone is 3. The van der Waals surface area contributed by atoms with E-state index in [1.807, 2.05) is 26.0 Å². The van der Waals surface area contributed by atoms with Crippen molar-refractivity contribution in [1.29, 1.82) is 0 Å². The summed E-state index contributed by atoms with van der Waals surface area (Å²) >= 11 is 5.78. The van der Waals surface area contributed by atoms with Crippen molar-refractivity contribution in [2.45, 2.75) is 33.3 Å². The summed E-state index contributed by atoms with van der Waals surface area (Å²) in [7, 11) is 0. The number of hydrogen-bond donors (Lipinski definition) is 1. The Morgan fingerprint density at radius 1 is 1.45 bits per heavy atom. The highest BCUT2D eigenvalue weighted by atomic mass is 35.5. The predicted octanol–water partition coefficient (Wildman–Crippen LogP) is 2.85. The van der Waals surface area contributed by atoms with E-state index < -0.39 is 0 Å². The van der Waals surface area contributed by atoms with Gasteiger partial charge in [0.2, 0.25) is 0 Å². The van der Waals surface area contributed by atoms with Crippen LogP contribution in [0.1, 0.15) is 27.2 Å². The molecule has 0 saturated carbocycles. The van der Waals surface area contributed by atoms with E-state index in [1.54, 1.807) is 6.92 Å². The van der Waals surface area contributed by atoms with Crippen molar-refractivity contribution >= 4 is 11.6 Å². The van der Waals surface area contributed by atoms with Gasteiger partial charge in [-0.2, -0.15) is 0 Å². The standard InChI is InChI=1S/C9H15ClO/c1-7(2)4-5-9(10)6-8(3)11/h4-5,8,11H,6H2,1-3H3/b9-5-. The van der Waals surface area contributed by atoms with Gasteiger partial charge in [-0.25, -0.2) is 0 Å². The quantitative estimate of drug-likeness (QED) is 0.653. The fourth-order valence-electron chi connectivity index (χ4n) is 0.607. The molecule has 0 radical (unpaired) electrons. The van der Waals surface area contributed by atoms with Crippen molar-refractivity contribution in [1.82, 2.24) is 0 Å². The van der Waals surface area contributed by atoms with Gasteiger partial charge in [0.25, 0.3) is 0 Å². The summed E-state index contributed by atoms with van der Waals surface area (Å²) in [5, 5.41) is 9.64. The average molecular weight is 175 g/mol. The summed E-state index contributed by atoms with van der Waals surface area (Å²) in [4.78, 5) is 0. The van der Waals surface area contributed by atoms with E-state index in [0.717, 1.165) is 0 Å². The molecule has 0 aromatic carbocycles. The zero-order valence-corrected chi connectivity index (χ0v) is 8.02. The van der Waals surface area contributed by atoms with E-state index in [9.17, 15) is 0 Å². The number of aliphatic hydroxyl groups is 1. The normalized spacial score (nSPS) is 14.5. The van der Waals surface area contributed by atoms with Crippen LogP contribution in [-0.2, 0) is 0 Å². The largest absolute Gasteiger partial charge is 0.393 e. The molecule has 0 aliphatic rings. The lowest BCUT2D eigenvalue weighted by atomic mass is 10.2. The number of halogens is 1. The SMILES string of the molecule is CC(C)=C/C=C(\Cl)CC(C)O. The Morgan fingerprint density at radius 3 is 2.36 bits per heavy atom. The molecule has 0 aliphatic heterocycles. The lowest BCUT2D eigenvalue weighted by Gasteiger charge is -2.00. The molecule has 0 heterocycles. The third-order valence-corrected chi connectivity index (χ3v) is 1.37. The molecule has 0 aromatic rings. The van der Waals surface area contributed by atoms with E-state index in [2.05, 4.69) is 0 Å². The van der Waals surface area contributed by atoms with Crippen LogP contribution in [-0.4, -0.2) is 11.2 Å². The monoisotopic (exact) mass is 174 g/mol. The molecule has 0 rings (SSSR count). The Bertz CT molecular complexity index is 164. The van der Waals surface area contributed by atoms with Crippen LogP contribution in [0.15, 0.2) is 22.8 Å². The third-order valence-electron chi connectivity index (χ3n) is 1.09. The van der Waals surface area contributed by atoms with E-state index in [-0.39, 0.29) is 6.10 Å². The molecule has 1 atom stereocenters. The molecular weight excluding hydrogens is 160 g/mol. The van der Waals surface area contributed by atoms with Gasteiger partial charge in [0.05, 0.1) is 6.10 Å². The highest BCUT2D eigenvalue weighted by Crippen LogP contribution is 2.10. The van der Waals surface area contributed by atoms with E-state index in [0.29, 0.717) is 11.5 Å². The topological polar surface area (TPSA) is 20.2 Å². The number of rotatable bonds is 3. The highest BCUT2D eigenvalue weighted by molar-refractivity contribution is 6.29. The first-order valence-electron chi connectivity index (χ1n) is 3.70. The van der Waals surface area contributed by atoms with Gasteiger partial charge in [-0.05, 0) is 26.8 Å². The summed E-state index contributed by atoms with van der Waals surface area (Å²) in [5.41, 5.74) is 1.20. The summed E-state index contributed by atoms with van der Waals surface area (Å²) in [5.74, 6) is 0. The van der Waals surface area contributed by atoms with Crippen molar-refractivity contribution in [3.63, 3.8) is 0 Å². The van der Waals surface area contributed by atoms with Gasteiger partial charge in [0.1, 0.15) is 0 Å². The van der Waals surface area contributed by atoms with Crippen molar-refractivity contribution in [2.75, 3.05) is 0 Å². The molecule has 11 heavy (non-hydrogen) atoms. The zero-order valence-electron chi connectivity index (χ0n) is 7.26. The van der Waals surface area contributed by atoms with Gasteiger partial charge >= 0.3 is 0 Å². The number of aliphatic hydroxyl groups excluding tert-OH is 1. The molecule has 1 unspecified atom stereocenters.